The quantitative estimate of drug-likeness (QED) is 0.743. The van der Waals surface area contributed by atoms with Crippen LogP contribution in [0.3, 0.4) is 0 Å². The molecule has 1 aromatic rings. The van der Waals surface area contributed by atoms with Crippen molar-refractivity contribution in [2.24, 2.45) is 5.73 Å². The van der Waals surface area contributed by atoms with Crippen molar-refractivity contribution in [3.8, 4) is 5.75 Å². The molecule has 0 amide bonds. The summed E-state index contributed by atoms with van der Waals surface area (Å²) in [6.45, 7) is 2.43. The lowest BCUT2D eigenvalue weighted by Gasteiger charge is -2.07. The van der Waals surface area contributed by atoms with Gasteiger partial charge in [0.15, 0.2) is 0 Å². The van der Waals surface area contributed by atoms with Gasteiger partial charge in [0, 0.05) is 0 Å². The van der Waals surface area contributed by atoms with Crippen LogP contribution in [0.2, 0.25) is 0 Å². The van der Waals surface area contributed by atoms with Gasteiger partial charge in [0.1, 0.15) is 19.0 Å². The van der Waals surface area contributed by atoms with Crippen molar-refractivity contribution in [1.29, 1.82) is 0 Å². The van der Waals surface area contributed by atoms with Gasteiger partial charge in [-0.2, -0.15) is 0 Å². The highest BCUT2D eigenvalue weighted by molar-refractivity contribution is 5.63. The van der Waals surface area contributed by atoms with Gasteiger partial charge in [0.05, 0.1) is 13.2 Å². The molecule has 0 radical (unpaired) electrons. The SMILES string of the molecule is C/C(=C\N)c1ccc(OCCOCCF)cc1. The Bertz CT molecular complexity index is 349. The van der Waals surface area contributed by atoms with E-state index < -0.39 is 6.67 Å². The highest BCUT2D eigenvalue weighted by Gasteiger charge is 1.97. The molecule has 0 aromatic heterocycles. The first-order chi connectivity index (χ1) is 8.27. The fourth-order valence-electron chi connectivity index (χ4n) is 1.29. The summed E-state index contributed by atoms with van der Waals surface area (Å²) in [5, 5.41) is 0. The van der Waals surface area contributed by atoms with Crippen LogP contribution in [0.25, 0.3) is 5.57 Å². The number of benzene rings is 1. The minimum Gasteiger partial charge on any atom is -0.491 e. The minimum absolute atomic E-state index is 0.128. The highest BCUT2D eigenvalue weighted by Crippen LogP contribution is 2.17. The number of halogens is 1. The van der Waals surface area contributed by atoms with Gasteiger partial charge in [-0.05, 0) is 36.4 Å². The summed E-state index contributed by atoms with van der Waals surface area (Å²) in [6.07, 6.45) is 1.57. The van der Waals surface area contributed by atoms with E-state index in [1.807, 2.05) is 31.2 Å². The standard InChI is InChI=1S/C13H18FNO2/c1-11(10-15)12-2-4-13(5-3-12)17-9-8-16-7-6-14/h2-5,10H,6-9,15H2,1H3/b11-10+. The average molecular weight is 239 g/mol. The second-order valence-electron chi connectivity index (χ2n) is 3.52. The summed E-state index contributed by atoms with van der Waals surface area (Å²) in [5.41, 5.74) is 7.51. The Morgan fingerprint density at radius 3 is 2.53 bits per heavy atom. The lowest BCUT2D eigenvalue weighted by atomic mass is 10.1. The summed E-state index contributed by atoms with van der Waals surface area (Å²) >= 11 is 0. The zero-order valence-electron chi connectivity index (χ0n) is 9.99. The number of alkyl halides is 1. The number of hydrogen-bond donors (Lipinski definition) is 1. The van der Waals surface area contributed by atoms with Gasteiger partial charge in [-0.1, -0.05) is 12.1 Å². The maximum absolute atomic E-state index is 11.7. The Balaban J connectivity index is 2.35. The predicted octanol–water partition coefficient (Wildman–Crippen LogP) is 2.37. The van der Waals surface area contributed by atoms with Crippen LogP contribution >= 0.6 is 0 Å². The summed E-state index contributed by atoms with van der Waals surface area (Å²) in [4.78, 5) is 0. The van der Waals surface area contributed by atoms with Crippen molar-refractivity contribution >= 4 is 5.57 Å². The van der Waals surface area contributed by atoms with Crippen LogP contribution in [-0.4, -0.2) is 26.5 Å². The smallest absolute Gasteiger partial charge is 0.119 e. The van der Waals surface area contributed by atoms with Crippen molar-refractivity contribution < 1.29 is 13.9 Å². The summed E-state index contributed by atoms with van der Waals surface area (Å²) in [5.74, 6) is 0.766. The molecule has 0 heterocycles. The molecule has 17 heavy (non-hydrogen) atoms. The van der Waals surface area contributed by atoms with E-state index in [0.717, 1.165) is 16.9 Å². The lowest BCUT2D eigenvalue weighted by molar-refractivity contribution is 0.0897. The van der Waals surface area contributed by atoms with Crippen LogP contribution in [0.15, 0.2) is 30.5 Å². The van der Waals surface area contributed by atoms with Gasteiger partial charge >= 0.3 is 0 Å². The zero-order chi connectivity index (χ0) is 12.5. The Kier molecular flexibility index (Phi) is 6.10. The highest BCUT2D eigenvalue weighted by atomic mass is 19.1. The van der Waals surface area contributed by atoms with E-state index in [9.17, 15) is 4.39 Å². The summed E-state index contributed by atoms with van der Waals surface area (Å²) in [6, 6.07) is 7.63. The number of allylic oxidation sites excluding steroid dienone is 1. The van der Waals surface area contributed by atoms with Crippen molar-refractivity contribution in [1.82, 2.24) is 0 Å². The van der Waals surface area contributed by atoms with Crippen LogP contribution in [0.4, 0.5) is 4.39 Å². The Hall–Kier alpha value is -1.55. The molecule has 0 bridgehead atoms. The third kappa shape index (κ3) is 4.87. The molecule has 2 N–H and O–H groups in total. The molecule has 0 aliphatic rings. The van der Waals surface area contributed by atoms with Crippen LogP contribution < -0.4 is 10.5 Å². The molecule has 1 aromatic carbocycles. The molecule has 0 unspecified atom stereocenters. The maximum Gasteiger partial charge on any atom is 0.119 e. The molecule has 4 heteroatoms. The first-order valence-corrected chi connectivity index (χ1v) is 5.53. The third-order valence-electron chi connectivity index (χ3n) is 2.28. The van der Waals surface area contributed by atoms with Crippen molar-refractivity contribution in [2.75, 3.05) is 26.5 Å². The molecule has 0 saturated carbocycles. The van der Waals surface area contributed by atoms with Crippen molar-refractivity contribution in [3.63, 3.8) is 0 Å². The normalized spacial score (nSPS) is 11.5. The summed E-state index contributed by atoms with van der Waals surface area (Å²) < 4.78 is 22.1. The van der Waals surface area contributed by atoms with Crippen LogP contribution in [0.1, 0.15) is 12.5 Å². The van der Waals surface area contributed by atoms with Gasteiger partial charge < -0.3 is 15.2 Å². The minimum atomic E-state index is -0.459. The second kappa shape index (κ2) is 7.68. The van der Waals surface area contributed by atoms with E-state index in [0.29, 0.717) is 13.2 Å². The van der Waals surface area contributed by atoms with E-state index in [1.165, 1.54) is 0 Å². The number of hydrogen-bond acceptors (Lipinski definition) is 3. The predicted molar refractivity (Wildman–Crippen MR) is 66.6 cm³/mol. The van der Waals surface area contributed by atoms with E-state index in [1.54, 1.807) is 6.20 Å². The van der Waals surface area contributed by atoms with Crippen LogP contribution in [0, 0.1) is 0 Å². The van der Waals surface area contributed by atoms with Crippen LogP contribution in [-0.2, 0) is 4.74 Å². The van der Waals surface area contributed by atoms with Gasteiger partial charge in [-0.15, -0.1) is 0 Å². The van der Waals surface area contributed by atoms with Gasteiger partial charge in [-0.3, -0.25) is 0 Å². The maximum atomic E-state index is 11.7. The molecule has 0 atom stereocenters. The third-order valence-corrected chi connectivity index (χ3v) is 2.28. The fraction of sp³-hybridized carbons (Fsp3) is 0.385. The van der Waals surface area contributed by atoms with E-state index in [4.69, 9.17) is 15.2 Å². The van der Waals surface area contributed by atoms with Gasteiger partial charge in [0.25, 0.3) is 0 Å². The topological polar surface area (TPSA) is 44.5 Å². The number of nitrogens with two attached hydrogens (primary N) is 1. The van der Waals surface area contributed by atoms with Crippen LogP contribution in [0.5, 0.6) is 5.75 Å². The fourth-order valence-corrected chi connectivity index (χ4v) is 1.29. The Labute approximate surface area is 101 Å². The Morgan fingerprint density at radius 2 is 1.94 bits per heavy atom. The number of rotatable bonds is 7. The largest absolute Gasteiger partial charge is 0.491 e. The average Bonchev–Trinajstić information content (AvgIpc) is 2.38. The molecule has 3 nitrogen and oxygen atoms in total. The molecule has 0 saturated heterocycles. The van der Waals surface area contributed by atoms with E-state index in [2.05, 4.69) is 0 Å². The zero-order valence-corrected chi connectivity index (χ0v) is 9.99. The number of ether oxygens (including phenoxy) is 2. The molecular weight excluding hydrogens is 221 g/mol. The lowest BCUT2D eigenvalue weighted by Crippen LogP contribution is -2.08. The molecular formula is C13H18FNO2. The van der Waals surface area contributed by atoms with E-state index >= 15 is 0 Å². The molecule has 0 aliphatic carbocycles. The van der Waals surface area contributed by atoms with Gasteiger partial charge in [0.2, 0.25) is 0 Å². The van der Waals surface area contributed by atoms with E-state index in [-0.39, 0.29) is 6.61 Å². The first-order valence-electron chi connectivity index (χ1n) is 5.53. The van der Waals surface area contributed by atoms with Crippen molar-refractivity contribution in [3.05, 3.63) is 36.0 Å². The molecule has 94 valence electrons. The van der Waals surface area contributed by atoms with Gasteiger partial charge in [-0.25, -0.2) is 4.39 Å². The summed E-state index contributed by atoms with van der Waals surface area (Å²) in [7, 11) is 0. The molecule has 0 spiro atoms. The second-order valence-corrected chi connectivity index (χ2v) is 3.52. The Morgan fingerprint density at radius 1 is 1.24 bits per heavy atom. The van der Waals surface area contributed by atoms with Crippen molar-refractivity contribution in [2.45, 2.75) is 6.92 Å². The monoisotopic (exact) mass is 239 g/mol. The molecule has 0 fully saturated rings. The molecule has 0 aliphatic heterocycles. The first kappa shape index (κ1) is 13.5. The molecule has 1 rings (SSSR count).